The summed E-state index contributed by atoms with van der Waals surface area (Å²) in [6.07, 6.45) is 0.459. The molecule has 0 saturated carbocycles. The second-order valence-electron chi connectivity index (χ2n) is 8.91. The number of urea groups is 1. The van der Waals surface area contributed by atoms with Gasteiger partial charge in [-0.2, -0.15) is 0 Å². The van der Waals surface area contributed by atoms with Crippen molar-refractivity contribution in [1.29, 1.82) is 0 Å². The maximum absolute atomic E-state index is 13.3. The molecule has 12 heteroatoms. The summed E-state index contributed by atoms with van der Waals surface area (Å²) in [5.74, 6) is 0.0236. The summed E-state index contributed by atoms with van der Waals surface area (Å²) < 4.78 is 45.0. The van der Waals surface area contributed by atoms with Crippen LogP contribution in [0.5, 0.6) is 0 Å². The Balaban J connectivity index is 1.62. The van der Waals surface area contributed by atoms with Crippen molar-refractivity contribution in [2.45, 2.75) is 30.0 Å². The third-order valence-electron chi connectivity index (χ3n) is 5.96. The van der Waals surface area contributed by atoms with E-state index in [0.29, 0.717) is 61.3 Å². The Hall–Kier alpha value is -3.61. The molecule has 1 aliphatic rings. The van der Waals surface area contributed by atoms with Crippen LogP contribution >= 0.6 is 0 Å². The molecular formula is C26H30FN5O5S. The summed E-state index contributed by atoms with van der Waals surface area (Å²) in [5.41, 5.74) is 1.49. The number of morpholine rings is 1. The number of hydrogen-bond acceptors (Lipinski definition) is 8. The number of hydrogen-bond donors (Lipinski definition) is 3. The summed E-state index contributed by atoms with van der Waals surface area (Å²) >= 11 is 0. The number of amides is 2. The lowest BCUT2D eigenvalue weighted by atomic mass is 10.2. The number of benzene rings is 2. The zero-order valence-electron chi connectivity index (χ0n) is 20.9. The number of ether oxygens (including phenoxy) is 1. The van der Waals surface area contributed by atoms with Crippen molar-refractivity contribution in [2.24, 2.45) is 0 Å². The van der Waals surface area contributed by atoms with E-state index in [1.807, 2.05) is 6.92 Å². The average Bonchev–Trinajstić information content (AvgIpc) is 2.89. The Kier molecular flexibility index (Phi) is 8.87. The minimum absolute atomic E-state index is 0.00745. The molecule has 0 unspecified atom stereocenters. The molecule has 10 nitrogen and oxygen atoms in total. The highest BCUT2D eigenvalue weighted by Gasteiger charge is 2.24. The average molecular weight is 544 g/mol. The fraction of sp³-hybridized carbons (Fsp3) is 0.346. The van der Waals surface area contributed by atoms with Crippen LogP contribution in [0.1, 0.15) is 19.0 Å². The zero-order valence-corrected chi connectivity index (χ0v) is 21.7. The van der Waals surface area contributed by atoms with Crippen LogP contribution in [0.15, 0.2) is 59.5 Å². The van der Waals surface area contributed by atoms with E-state index in [2.05, 4.69) is 20.5 Å². The smallest absolute Gasteiger partial charge is 0.319 e. The number of aliphatic hydroxyl groups is 1. The molecule has 2 amide bonds. The summed E-state index contributed by atoms with van der Waals surface area (Å²) in [6.45, 7) is 3.98. The minimum atomic E-state index is -3.79. The summed E-state index contributed by atoms with van der Waals surface area (Å²) in [7, 11) is -3.79. The van der Waals surface area contributed by atoms with E-state index < -0.39 is 15.7 Å². The minimum Gasteiger partial charge on any atom is -0.396 e. The Morgan fingerprint density at radius 3 is 2.58 bits per heavy atom. The van der Waals surface area contributed by atoms with Gasteiger partial charge in [0, 0.05) is 37.0 Å². The fourth-order valence-electron chi connectivity index (χ4n) is 3.98. The first-order valence-electron chi connectivity index (χ1n) is 12.2. The predicted molar refractivity (Wildman–Crippen MR) is 141 cm³/mol. The van der Waals surface area contributed by atoms with Crippen molar-refractivity contribution >= 4 is 27.4 Å². The highest BCUT2D eigenvalue weighted by molar-refractivity contribution is 7.90. The number of aromatic nitrogens is 2. The van der Waals surface area contributed by atoms with Crippen molar-refractivity contribution in [2.75, 3.05) is 43.1 Å². The van der Waals surface area contributed by atoms with Crippen molar-refractivity contribution in [1.82, 2.24) is 15.3 Å². The van der Waals surface area contributed by atoms with Gasteiger partial charge in [0.1, 0.15) is 11.6 Å². The van der Waals surface area contributed by atoms with Gasteiger partial charge in [-0.25, -0.2) is 27.6 Å². The number of nitrogens with one attached hydrogen (secondary N) is 2. The molecule has 1 saturated heterocycles. The maximum atomic E-state index is 13.3. The van der Waals surface area contributed by atoms with Crippen LogP contribution in [0.25, 0.3) is 11.4 Å². The first-order chi connectivity index (χ1) is 18.2. The largest absolute Gasteiger partial charge is 0.396 e. The van der Waals surface area contributed by atoms with Crippen LogP contribution in [-0.2, 0) is 20.3 Å². The summed E-state index contributed by atoms with van der Waals surface area (Å²) in [4.78, 5) is 23.3. The maximum Gasteiger partial charge on any atom is 0.319 e. The Labute approximate surface area is 220 Å². The van der Waals surface area contributed by atoms with Crippen molar-refractivity contribution in [3.8, 4) is 11.4 Å². The van der Waals surface area contributed by atoms with Gasteiger partial charge >= 0.3 is 6.03 Å². The van der Waals surface area contributed by atoms with Crippen LogP contribution in [0.2, 0.25) is 0 Å². The molecule has 2 aromatic carbocycles. The number of nitrogens with zero attached hydrogens (tertiary/aromatic N) is 3. The molecule has 1 aliphatic heterocycles. The molecule has 0 aliphatic carbocycles. The lowest BCUT2D eigenvalue weighted by Gasteiger charge is -2.34. The van der Waals surface area contributed by atoms with E-state index in [1.165, 1.54) is 12.1 Å². The summed E-state index contributed by atoms with van der Waals surface area (Å²) in [6, 6.07) is 12.9. The van der Waals surface area contributed by atoms with Gasteiger partial charge in [-0.05, 0) is 61.9 Å². The van der Waals surface area contributed by atoms with Crippen molar-refractivity contribution < 1.29 is 27.4 Å². The van der Waals surface area contributed by atoms with Crippen LogP contribution in [0.3, 0.4) is 0 Å². The van der Waals surface area contributed by atoms with E-state index in [9.17, 15) is 17.6 Å². The van der Waals surface area contributed by atoms with E-state index in [-0.39, 0.29) is 29.3 Å². The standard InChI is InChI=1S/C26H30FN5O5S/c1-18-16-37-14-12-32(18)24-15-22(17-38(35,36)23-9-5-20(27)6-10-23)29-25(31-24)19-3-7-21(8-4-19)30-26(34)28-11-2-13-33/h3-10,15,18,33H,2,11-14,16-17H2,1H3,(H2,28,30,34)/t18-/m0/s1. The Bertz CT molecular complexity index is 1350. The lowest BCUT2D eigenvalue weighted by molar-refractivity contribution is 0.0985. The molecule has 0 bridgehead atoms. The molecule has 1 atom stereocenters. The van der Waals surface area contributed by atoms with Crippen LogP contribution in [-0.4, -0.2) is 68.5 Å². The number of carbonyl (C=O) groups is 1. The summed E-state index contributed by atoms with van der Waals surface area (Å²) in [5, 5.41) is 14.2. The van der Waals surface area contributed by atoms with E-state index in [0.717, 1.165) is 12.1 Å². The van der Waals surface area contributed by atoms with E-state index in [1.54, 1.807) is 30.3 Å². The number of rotatable bonds is 9. The second kappa shape index (κ2) is 12.3. The SMILES string of the molecule is C[C@H]1COCCN1c1cc(CS(=O)(=O)c2ccc(F)cc2)nc(-c2ccc(NC(=O)NCCCO)cc2)n1. The normalized spacial score (nSPS) is 15.8. The highest BCUT2D eigenvalue weighted by atomic mass is 32.2. The molecule has 202 valence electrons. The number of aliphatic hydroxyl groups excluding tert-OH is 1. The molecule has 1 aromatic heterocycles. The molecule has 3 N–H and O–H groups in total. The van der Waals surface area contributed by atoms with Gasteiger partial charge in [-0.15, -0.1) is 0 Å². The Morgan fingerprint density at radius 2 is 1.89 bits per heavy atom. The molecule has 3 aromatic rings. The van der Waals surface area contributed by atoms with Crippen molar-refractivity contribution in [3.05, 3.63) is 66.1 Å². The third kappa shape index (κ3) is 7.03. The molecule has 4 rings (SSSR count). The van der Waals surface area contributed by atoms with Gasteiger partial charge in [-0.1, -0.05) is 0 Å². The Morgan fingerprint density at radius 1 is 1.16 bits per heavy atom. The molecular weight excluding hydrogens is 513 g/mol. The van der Waals surface area contributed by atoms with Crippen LogP contribution < -0.4 is 15.5 Å². The number of carbonyl (C=O) groups excluding carboxylic acids is 1. The van der Waals surface area contributed by atoms with Gasteiger partial charge in [0.25, 0.3) is 0 Å². The van der Waals surface area contributed by atoms with Crippen LogP contribution in [0.4, 0.5) is 20.7 Å². The molecule has 2 heterocycles. The fourth-order valence-corrected chi connectivity index (χ4v) is 5.23. The van der Waals surface area contributed by atoms with E-state index >= 15 is 0 Å². The van der Waals surface area contributed by atoms with Gasteiger partial charge in [0.2, 0.25) is 0 Å². The number of anilines is 2. The zero-order chi connectivity index (χ0) is 27.1. The molecule has 1 fully saturated rings. The first kappa shape index (κ1) is 27.4. The second-order valence-corrected chi connectivity index (χ2v) is 10.9. The number of sulfone groups is 1. The predicted octanol–water partition coefficient (Wildman–Crippen LogP) is 2.99. The third-order valence-corrected chi connectivity index (χ3v) is 7.63. The first-order valence-corrected chi connectivity index (χ1v) is 13.9. The monoisotopic (exact) mass is 543 g/mol. The molecule has 0 radical (unpaired) electrons. The topological polar surface area (TPSA) is 134 Å². The molecule has 38 heavy (non-hydrogen) atoms. The van der Waals surface area contributed by atoms with Crippen molar-refractivity contribution in [3.63, 3.8) is 0 Å². The molecule has 0 spiro atoms. The van der Waals surface area contributed by atoms with E-state index in [4.69, 9.17) is 14.8 Å². The van der Waals surface area contributed by atoms with Gasteiger partial charge < -0.3 is 25.4 Å². The quantitative estimate of drug-likeness (QED) is 0.277. The van der Waals surface area contributed by atoms with Gasteiger partial charge in [0.05, 0.1) is 35.6 Å². The van der Waals surface area contributed by atoms with Crippen LogP contribution in [0, 0.1) is 5.82 Å². The lowest BCUT2D eigenvalue weighted by Crippen LogP contribution is -2.44. The number of halogens is 1. The van der Waals surface area contributed by atoms with Gasteiger partial charge in [-0.3, -0.25) is 0 Å². The highest BCUT2D eigenvalue weighted by Crippen LogP contribution is 2.26. The van der Waals surface area contributed by atoms with Gasteiger partial charge in [0.15, 0.2) is 15.7 Å².